The maximum atomic E-state index is 5.43. The van der Waals surface area contributed by atoms with E-state index in [2.05, 4.69) is 0 Å². The maximum Gasteiger partial charge on any atom is 0.0704 e. The van der Waals surface area contributed by atoms with E-state index in [4.69, 9.17) is 14.2 Å². The Labute approximate surface area is 79.4 Å². The summed E-state index contributed by atoms with van der Waals surface area (Å²) in [5.74, 6) is 0. The average molecular weight is 186 g/mol. The van der Waals surface area contributed by atoms with Crippen LogP contribution in [0, 0.1) is 0 Å². The molecular weight excluding hydrogens is 168 g/mol. The third kappa shape index (κ3) is 4.60. The van der Waals surface area contributed by atoms with E-state index < -0.39 is 0 Å². The molecule has 0 aliphatic heterocycles. The summed E-state index contributed by atoms with van der Waals surface area (Å²) in [7, 11) is 0. The Hall–Kier alpha value is -0.120. The topological polar surface area (TPSA) is 27.7 Å². The Morgan fingerprint density at radius 1 is 0.692 bits per heavy atom. The molecule has 0 unspecified atom stereocenters. The van der Waals surface area contributed by atoms with Crippen molar-refractivity contribution in [3.8, 4) is 0 Å². The molecule has 13 heavy (non-hydrogen) atoms. The molecule has 0 spiro atoms. The molecule has 76 valence electrons. The summed E-state index contributed by atoms with van der Waals surface area (Å²) in [4.78, 5) is 0. The van der Waals surface area contributed by atoms with Crippen molar-refractivity contribution >= 4 is 0 Å². The average Bonchev–Trinajstić information content (AvgIpc) is 2.99. The lowest BCUT2D eigenvalue weighted by atomic mass is 10.7. The fraction of sp³-hybridized carbons (Fsp3) is 1.00. The molecule has 0 N–H and O–H groups in total. The molecule has 2 rings (SSSR count). The van der Waals surface area contributed by atoms with E-state index in [-0.39, 0.29) is 0 Å². The molecule has 0 atom stereocenters. The number of hydrogen-bond acceptors (Lipinski definition) is 3. The van der Waals surface area contributed by atoms with Crippen molar-refractivity contribution in [2.24, 2.45) is 0 Å². The second-order valence-electron chi connectivity index (χ2n) is 3.75. The van der Waals surface area contributed by atoms with Crippen molar-refractivity contribution in [1.82, 2.24) is 0 Å². The Balaban J connectivity index is 1.28. The summed E-state index contributed by atoms with van der Waals surface area (Å²) in [6.45, 7) is 2.91. The molecule has 2 aliphatic rings. The second kappa shape index (κ2) is 4.94. The van der Waals surface area contributed by atoms with Gasteiger partial charge in [-0.3, -0.25) is 0 Å². The minimum atomic E-state index is 0.548. The number of ether oxygens (including phenoxy) is 3. The van der Waals surface area contributed by atoms with Gasteiger partial charge in [0.05, 0.1) is 38.6 Å². The maximum absolute atomic E-state index is 5.43. The minimum Gasteiger partial charge on any atom is -0.377 e. The van der Waals surface area contributed by atoms with E-state index in [1.54, 1.807) is 0 Å². The highest BCUT2D eigenvalue weighted by molar-refractivity contribution is 4.73. The van der Waals surface area contributed by atoms with Crippen LogP contribution in [0.25, 0.3) is 0 Å². The summed E-state index contributed by atoms with van der Waals surface area (Å²) < 4.78 is 16.2. The molecule has 2 saturated carbocycles. The highest BCUT2D eigenvalue weighted by atomic mass is 16.6. The molecule has 0 aromatic rings. The van der Waals surface area contributed by atoms with Gasteiger partial charge >= 0.3 is 0 Å². The van der Waals surface area contributed by atoms with Gasteiger partial charge in [0.1, 0.15) is 0 Å². The first-order valence-electron chi connectivity index (χ1n) is 5.26. The van der Waals surface area contributed by atoms with Gasteiger partial charge in [0.15, 0.2) is 0 Å². The molecule has 3 nitrogen and oxygen atoms in total. The van der Waals surface area contributed by atoms with Crippen molar-refractivity contribution in [2.75, 3.05) is 26.4 Å². The summed E-state index contributed by atoms with van der Waals surface area (Å²) in [5, 5.41) is 0. The lowest BCUT2D eigenvalue weighted by molar-refractivity contribution is 0.00681. The first-order chi connectivity index (χ1) is 6.45. The van der Waals surface area contributed by atoms with E-state index in [9.17, 15) is 0 Å². The van der Waals surface area contributed by atoms with Crippen LogP contribution in [-0.2, 0) is 14.2 Å². The Morgan fingerprint density at radius 2 is 1.15 bits per heavy atom. The predicted molar refractivity (Wildman–Crippen MR) is 48.8 cm³/mol. The number of rotatable bonds is 8. The van der Waals surface area contributed by atoms with Crippen molar-refractivity contribution in [3.05, 3.63) is 0 Å². The zero-order chi connectivity index (χ0) is 8.93. The van der Waals surface area contributed by atoms with Gasteiger partial charge in [0, 0.05) is 0 Å². The first-order valence-corrected chi connectivity index (χ1v) is 5.26. The standard InChI is InChI=1S/C10H18O3/c1-2-9(1)12-7-5-11-6-8-13-10-3-4-10/h9-10H,1-8H2. The molecule has 0 aromatic heterocycles. The zero-order valence-corrected chi connectivity index (χ0v) is 8.04. The quantitative estimate of drug-likeness (QED) is 0.536. The minimum absolute atomic E-state index is 0.548. The SMILES string of the molecule is C(COC1CC1)OCCOC1CC1. The molecule has 3 heteroatoms. The van der Waals surface area contributed by atoms with Crippen LogP contribution in [0.15, 0.2) is 0 Å². The van der Waals surface area contributed by atoms with Crippen molar-refractivity contribution in [3.63, 3.8) is 0 Å². The van der Waals surface area contributed by atoms with Gasteiger partial charge in [-0.15, -0.1) is 0 Å². The van der Waals surface area contributed by atoms with Gasteiger partial charge in [0.25, 0.3) is 0 Å². The lowest BCUT2D eigenvalue weighted by Gasteiger charge is -2.04. The molecule has 0 amide bonds. The fourth-order valence-corrected chi connectivity index (χ4v) is 1.12. The van der Waals surface area contributed by atoms with Gasteiger partial charge in [-0.1, -0.05) is 0 Å². The molecule has 2 fully saturated rings. The Bertz CT molecular complexity index is 125. The second-order valence-corrected chi connectivity index (χ2v) is 3.75. The van der Waals surface area contributed by atoms with Crippen molar-refractivity contribution in [1.29, 1.82) is 0 Å². The predicted octanol–water partition coefficient (Wildman–Crippen LogP) is 1.36. The van der Waals surface area contributed by atoms with Crippen LogP contribution in [0.2, 0.25) is 0 Å². The van der Waals surface area contributed by atoms with Crippen LogP contribution in [-0.4, -0.2) is 38.6 Å². The summed E-state index contributed by atoms with van der Waals surface area (Å²) >= 11 is 0. The highest BCUT2D eigenvalue weighted by Gasteiger charge is 2.22. The molecule has 0 saturated heterocycles. The van der Waals surface area contributed by atoms with E-state index in [0.29, 0.717) is 25.4 Å². The molecular formula is C10H18O3. The van der Waals surface area contributed by atoms with Crippen LogP contribution in [0.4, 0.5) is 0 Å². The van der Waals surface area contributed by atoms with E-state index in [0.717, 1.165) is 13.2 Å². The van der Waals surface area contributed by atoms with Gasteiger partial charge in [0.2, 0.25) is 0 Å². The smallest absolute Gasteiger partial charge is 0.0704 e. The van der Waals surface area contributed by atoms with E-state index >= 15 is 0 Å². The van der Waals surface area contributed by atoms with Crippen molar-refractivity contribution in [2.45, 2.75) is 37.9 Å². The monoisotopic (exact) mass is 186 g/mol. The van der Waals surface area contributed by atoms with Crippen LogP contribution in [0.5, 0.6) is 0 Å². The van der Waals surface area contributed by atoms with E-state index in [1.165, 1.54) is 25.7 Å². The van der Waals surface area contributed by atoms with Gasteiger partial charge in [-0.2, -0.15) is 0 Å². The van der Waals surface area contributed by atoms with Crippen molar-refractivity contribution < 1.29 is 14.2 Å². The third-order valence-corrected chi connectivity index (χ3v) is 2.21. The van der Waals surface area contributed by atoms with Crippen LogP contribution in [0.3, 0.4) is 0 Å². The van der Waals surface area contributed by atoms with E-state index in [1.807, 2.05) is 0 Å². The van der Waals surface area contributed by atoms with Crippen LogP contribution >= 0.6 is 0 Å². The number of hydrogen-bond donors (Lipinski definition) is 0. The van der Waals surface area contributed by atoms with Gasteiger partial charge < -0.3 is 14.2 Å². The van der Waals surface area contributed by atoms with Crippen LogP contribution in [0.1, 0.15) is 25.7 Å². The Kier molecular flexibility index (Phi) is 3.58. The van der Waals surface area contributed by atoms with Gasteiger partial charge in [-0.25, -0.2) is 0 Å². The Morgan fingerprint density at radius 3 is 1.54 bits per heavy atom. The van der Waals surface area contributed by atoms with Gasteiger partial charge in [-0.05, 0) is 25.7 Å². The van der Waals surface area contributed by atoms with Crippen LogP contribution < -0.4 is 0 Å². The molecule has 0 radical (unpaired) electrons. The summed E-state index contributed by atoms with van der Waals surface area (Å²) in [6.07, 6.45) is 6.06. The molecule has 2 aliphatic carbocycles. The summed E-state index contributed by atoms with van der Waals surface area (Å²) in [6, 6.07) is 0. The zero-order valence-electron chi connectivity index (χ0n) is 8.04. The highest BCUT2D eigenvalue weighted by Crippen LogP contribution is 2.23. The fourth-order valence-electron chi connectivity index (χ4n) is 1.12. The first kappa shape index (κ1) is 9.44. The largest absolute Gasteiger partial charge is 0.377 e. The molecule has 0 heterocycles. The molecule has 0 bridgehead atoms. The molecule has 0 aromatic carbocycles. The third-order valence-electron chi connectivity index (χ3n) is 2.21. The summed E-state index contributed by atoms with van der Waals surface area (Å²) in [5.41, 5.74) is 0. The normalized spacial score (nSPS) is 22.2. The lowest BCUT2D eigenvalue weighted by Crippen LogP contribution is -2.10.